The van der Waals surface area contributed by atoms with E-state index >= 15 is 0 Å². The third-order valence-electron chi connectivity index (χ3n) is 8.75. The van der Waals surface area contributed by atoms with Gasteiger partial charge in [0.2, 0.25) is 0 Å². The van der Waals surface area contributed by atoms with E-state index in [1.54, 1.807) is 0 Å². The molecular weight excluding hydrogens is 570 g/mol. The van der Waals surface area contributed by atoms with E-state index in [9.17, 15) is 0 Å². The molecule has 1 radical (unpaired) electrons. The van der Waals surface area contributed by atoms with Gasteiger partial charge in [-0.3, -0.25) is 4.90 Å². The number of fused-ring (bicyclic) bond motifs is 20. The van der Waals surface area contributed by atoms with E-state index in [0.717, 1.165) is 62.5 Å². The Labute approximate surface area is 264 Å². The van der Waals surface area contributed by atoms with Crippen molar-refractivity contribution in [3.8, 4) is 45.6 Å². The van der Waals surface area contributed by atoms with E-state index < -0.39 is 0 Å². The Morgan fingerprint density at radius 2 is 0.891 bits per heavy atom. The first-order valence-corrected chi connectivity index (χ1v) is 15.5. The molecule has 9 rings (SSSR count). The maximum Gasteiger partial charge on any atom is 0.164 e. The fourth-order valence-electron chi connectivity index (χ4n) is 6.43. The number of benzene rings is 4. The van der Waals surface area contributed by atoms with Crippen LogP contribution >= 0.6 is 0 Å². The van der Waals surface area contributed by atoms with Gasteiger partial charge in [0.05, 0.1) is 6.54 Å². The van der Waals surface area contributed by atoms with Gasteiger partial charge in [-0.1, -0.05) is 105 Å². The summed E-state index contributed by atoms with van der Waals surface area (Å²) in [7, 11) is 0. The summed E-state index contributed by atoms with van der Waals surface area (Å²) in [5, 5.41) is 3.83. The van der Waals surface area contributed by atoms with Crippen LogP contribution in [0.1, 0.15) is 19.4 Å². The number of aromatic nitrogens is 8. The summed E-state index contributed by atoms with van der Waals surface area (Å²) in [4.78, 5) is 39.8. The van der Waals surface area contributed by atoms with E-state index in [1.165, 1.54) is 0 Å². The molecule has 2 N–H and O–H groups in total. The Morgan fingerprint density at radius 1 is 0.478 bits per heavy atom. The van der Waals surface area contributed by atoms with Crippen LogP contribution in [0.25, 0.3) is 89.7 Å². The molecular formula is C37H28N9. The molecule has 5 heterocycles. The van der Waals surface area contributed by atoms with E-state index in [-0.39, 0.29) is 0 Å². The fraction of sp³-hybridized carbons (Fsp3) is 0.108. The van der Waals surface area contributed by atoms with Crippen molar-refractivity contribution in [1.82, 2.24) is 44.8 Å². The van der Waals surface area contributed by atoms with E-state index in [0.29, 0.717) is 45.9 Å². The van der Waals surface area contributed by atoms with Crippen LogP contribution < -0.4 is 0 Å². The molecule has 221 valence electrons. The number of H-pyrrole nitrogens is 2. The second kappa shape index (κ2) is 10.4. The van der Waals surface area contributed by atoms with Crippen LogP contribution in [0.4, 0.5) is 0 Å². The number of aromatic amines is 2. The molecule has 0 spiro atoms. The smallest absolute Gasteiger partial charge is 0.164 e. The lowest BCUT2D eigenvalue weighted by molar-refractivity contribution is 0.384. The van der Waals surface area contributed by atoms with Gasteiger partial charge in [0, 0.05) is 43.8 Å². The minimum Gasteiger partial charge on any atom is -0.324 e. The molecule has 0 atom stereocenters. The molecule has 0 aliphatic carbocycles. The van der Waals surface area contributed by atoms with Crippen LogP contribution in [0.2, 0.25) is 0 Å². The summed E-state index contributed by atoms with van der Waals surface area (Å²) >= 11 is 0. The molecule has 9 heteroatoms. The Kier molecular flexibility index (Phi) is 6.01. The van der Waals surface area contributed by atoms with Gasteiger partial charge in [0.15, 0.2) is 23.3 Å². The molecule has 2 aliphatic rings. The van der Waals surface area contributed by atoms with E-state index in [4.69, 9.17) is 29.9 Å². The fourth-order valence-corrected chi connectivity index (χ4v) is 6.43. The molecule has 2 aliphatic heterocycles. The maximum atomic E-state index is 5.20. The summed E-state index contributed by atoms with van der Waals surface area (Å²) in [6, 6.07) is 30.6. The standard InChI is InChI=1S/C37H28N9/c1-3-46(4-2)20-21-12-11-19-28-29(21)37-44-35-27-18-10-9-17-26(27)33(42-35)40-31-23-14-6-5-13-22(23)30(38-31)39-32-24-15-7-8-16-25(24)34(41-32)43-36(28)45-37/h5-20H,3-4H2,1-2H3,(H2,38,39,40,41,42,43,44,45). The zero-order chi connectivity index (χ0) is 30.8. The summed E-state index contributed by atoms with van der Waals surface area (Å²) in [5.41, 5.74) is 7.47. The van der Waals surface area contributed by atoms with Gasteiger partial charge in [0.1, 0.15) is 22.6 Å². The number of hydrogen-bond donors (Lipinski definition) is 2. The van der Waals surface area contributed by atoms with Gasteiger partial charge < -0.3 is 9.97 Å². The summed E-state index contributed by atoms with van der Waals surface area (Å²) in [6.45, 7) is 8.30. The number of rotatable bonds is 4. The van der Waals surface area contributed by atoms with E-state index in [1.807, 2.05) is 72.8 Å². The van der Waals surface area contributed by atoms with Gasteiger partial charge in [0.25, 0.3) is 0 Å². The first-order valence-electron chi connectivity index (χ1n) is 15.5. The molecule has 0 saturated carbocycles. The Bertz CT molecular complexity index is 2500. The van der Waals surface area contributed by atoms with Gasteiger partial charge in [-0.25, -0.2) is 29.9 Å². The lowest BCUT2D eigenvalue weighted by Gasteiger charge is -2.17. The monoisotopic (exact) mass is 598 g/mol. The number of nitrogens with one attached hydrogen (secondary N) is 2. The highest BCUT2D eigenvalue weighted by molar-refractivity contribution is 6.08. The lowest BCUT2D eigenvalue weighted by atomic mass is 10.1. The van der Waals surface area contributed by atoms with Gasteiger partial charge in [-0.2, -0.15) is 0 Å². The van der Waals surface area contributed by atoms with Gasteiger partial charge in [-0.15, -0.1) is 0 Å². The normalized spacial score (nSPS) is 12.2. The van der Waals surface area contributed by atoms with Gasteiger partial charge in [-0.05, 0) is 18.7 Å². The Hall–Kier alpha value is -5.80. The van der Waals surface area contributed by atoms with Crippen molar-refractivity contribution in [3.05, 3.63) is 103 Å². The second-order valence-corrected chi connectivity index (χ2v) is 11.4. The molecule has 3 aromatic heterocycles. The predicted molar refractivity (Wildman–Crippen MR) is 182 cm³/mol. The van der Waals surface area contributed by atoms with Crippen molar-refractivity contribution < 1.29 is 0 Å². The van der Waals surface area contributed by atoms with Crippen LogP contribution in [-0.2, 0) is 0 Å². The molecule has 0 amide bonds. The topological polar surface area (TPSA) is 112 Å². The van der Waals surface area contributed by atoms with Crippen molar-refractivity contribution in [3.63, 3.8) is 0 Å². The highest BCUT2D eigenvalue weighted by Gasteiger charge is 2.22. The van der Waals surface area contributed by atoms with Crippen molar-refractivity contribution in [2.75, 3.05) is 13.1 Å². The largest absolute Gasteiger partial charge is 0.324 e. The van der Waals surface area contributed by atoms with E-state index in [2.05, 4.69) is 53.5 Å². The molecule has 8 bridgehead atoms. The summed E-state index contributed by atoms with van der Waals surface area (Å²) in [5.74, 6) is 2.37. The summed E-state index contributed by atoms with van der Waals surface area (Å²) in [6.07, 6.45) is 0. The zero-order valence-corrected chi connectivity index (χ0v) is 25.3. The van der Waals surface area contributed by atoms with Crippen molar-refractivity contribution in [1.29, 1.82) is 0 Å². The maximum absolute atomic E-state index is 5.20. The molecule has 7 aromatic rings. The number of hydrogen-bond acceptors (Lipinski definition) is 7. The predicted octanol–water partition coefficient (Wildman–Crippen LogP) is 7.72. The van der Waals surface area contributed by atoms with Crippen molar-refractivity contribution in [2.24, 2.45) is 0 Å². The Balaban J connectivity index is 1.47. The third-order valence-corrected chi connectivity index (χ3v) is 8.75. The molecule has 0 unspecified atom stereocenters. The SMILES string of the molecule is CCN([CH]c1cccc2c3nc4nc(nc5[nH]c(nc6nc(nc([nH]3)c12)-c1ccccc1-6)c1ccccc51)-c1ccccc1-4)CC. The van der Waals surface area contributed by atoms with Crippen LogP contribution in [0, 0.1) is 6.54 Å². The first-order chi connectivity index (χ1) is 22.7. The third kappa shape index (κ3) is 4.13. The van der Waals surface area contributed by atoms with Gasteiger partial charge >= 0.3 is 0 Å². The number of nitrogens with zero attached hydrogens (tertiary/aromatic N) is 7. The van der Waals surface area contributed by atoms with Crippen LogP contribution in [0.15, 0.2) is 91.0 Å². The quantitative estimate of drug-likeness (QED) is 0.213. The van der Waals surface area contributed by atoms with Crippen LogP contribution in [0.3, 0.4) is 0 Å². The van der Waals surface area contributed by atoms with Crippen LogP contribution in [-0.4, -0.2) is 57.9 Å². The average Bonchev–Trinajstić information content (AvgIpc) is 3.83. The highest BCUT2D eigenvalue weighted by atomic mass is 15.1. The molecule has 0 saturated heterocycles. The molecule has 46 heavy (non-hydrogen) atoms. The highest BCUT2D eigenvalue weighted by Crippen LogP contribution is 2.37. The van der Waals surface area contributed by atoms with Crippen LogP contribution in [0.5, 0.6) is 0 Å². The van der Waals surface area contributed by atoms with Crippen molar-refractivity contribution in [2.45, 2.75) is 13.8 Å². The second-order valence-electron chi connectivity index (χ2n) is 11.4. The minimum atomic E-state index is 0.591. The van der Waals surface area contributed by atoms with Crippen molar-refractivity contribution >= 4 is 44.1 Å². The molecule has 0 fully saturated rings. The average molecular weight is 599 g/mol. The minimum absolute atomic E-state index is 0.591. The Morgan fingerprint density at radius 3 is 1.39 bits per heavy atom. The first kappa shape index (κ1) is 26.6. The molecule has 4 aromatic carbocycles. The summed E-state index contributed by atoms with van der Waals surface area (Å²) < 4.78 is 0. The zero-order valence-electron chi connectivity index (χ0n) is 25.3. The lowest BCUT2D eigenvalue weighted by Crippen LogP contribution is -2.20. The molecule has 9 nitrogen and oxygen atoms in total.